The van der Waals surface area contributed by atoms with Crippen molar-refractivity contribution in [2.24, 2.45) is 0 Å². The smallest absolute Gasteiger partial charge is 0.192 e. The molecule has 0 saturated carbocycles. The fourth-order valence-corrected chi connectivity index (χ4v) is 1.34. The van der Waals surface area contributed by atoms with Gasteiger partial charge in [-0.3, -0.25) is 0 Å². The highest BCUT2D eigenvalue weighted by Gasteiger charge is 2.31. The van der Waals surface area contributed by atoms with Crippen LogP contribution in [0.3, 0.4) is 0 Å². The highest BCUT2D eigenvalue weighted by Crippen LogP contribution is 2.30. The van der Waals surface area contributed by atoms with E-state index in [2.05, 4.69) is 27.8 Å². The highest BCUT2D eigenvalue weighted by molar-refractivity contribution is 9.09. The second-order valence-electron chi connectivity index (χ2n) is 3.15. The number of nitrogens with zero attached hydrogens (tertiary/aromatic N) is 1. The van der Waals surface area contributed by atoms with Gasteiger partial charge in [0.25, 0.3) is 0 Å². The largest absolute Gasteiger partial charge is 0.416 e. The predicted molar refractivity (Wildman–Crippen MR) is 61.4 cm³/mol. The fraction of sp³-hybridized carbons (Fsp3) is 0.250. The summed E-state index contributed by atoms with van der Waals surface area (Å²) in [6.45, 7) is 0. The molecule has 5 heteroatoms. The lowest BCUT2D eigenvalue weighted by atomic mass is 10.1. The van der Waals surface area contributed by atoms with E-state index in [0.29, 0.717) is 11.8 Å². The van der Waals surface area contributed by atoms with E-state index in [-0.39, 0.29) is 11.1 Å². The average molecular weight is 302 g/mol. The Morgan fingerprint density at radius 1 is 1.18 bits per heavy atom. The Morgan fingerprint density at radius 3 is 2.35 bits per heavy atom. The lowest BCUT2D eigenvalue weighted by Gasteiger charge is -2.07. The molecule has 1 rings (SSSR count). The standard InChI is InChI=1S/C12H7BrF3N/c13-4-2-1-3-9-5-10(8-17)7-11(6-9)12(14,15)16/h5-7H,2,4H2. The van der Waals surface area contributed by atoms with Crippen LogP contribution in [0.1, 0.15) is 23.1 Å². The van der Waals surface area contributed by atoms with Gasteiger partial charge in [-0.25, -0.2) is 0 Å². The summed E-state index contributed by atoms with van der Waals surface area (Å²) in [6.07, 6.45) is -3.92. The molecule has 0 radical (unpaired) electrons. The van der Waals surface area contributed by atoms with Crippen molar-refractivity contribution in [3.05, 3.63) is 34.9 Å². The zero-order valence-corrected chi connectivity index (χ0v) is 10.2. The van der Waals surface area contributed by atoms with Crippen LogP contribution < -0.4 is 0 Å². The summed E-state index contributed by atoms with van der Waals surface area (Å²) in [5, 5.41) is 9.31. The van der Waals surface area contributed by atoms with Gasteiger partial charge in [0.05, 0.1) is 17.2 Å². The lowest BCUT2D eigenvalue weighted by Crippen LogP contribution is -2.05. The SMILES string of the molecule is N#Cc1cc(C#CCCBr)cc(C(F)(F)F)c1. The summed E-state index contributed by atoms with van der Waals surface area (Å²) in [5.41, 5.74) is -0.681. The molecule has 0 aliphatic carbocycles. The first-order valence-electron chi connectivity index (χ1n) is 4.64. The summed E-state index contributed by atoms with van der Waals surface area (Å²) in [4.78, 5) is 0. The van der Waals surface area contributed by atoms with Gasteiger partial charge in [-0.15, -0.1) is 0 Å². The number of rotatable bonds is 1. The number of nitriles is 1. The summed E-state index contributed by atoms with van der Waals surface area (Å²) >= 11 is 3.16. The van der Waals surface area contributed by atoms with E-state index in [1.807, 2.05) is 0 Å². The van der Waals surface area contributed by atoms with Crippen LogP contribution in [-0.2, 0) is 6.18 Å². The number of hydrogen-bond acceptors (Lipinski definition) is 1. The van der Waals surface area contributed by atoms with E-state index in [1.165, 1.54) is 6.07 Å². The number of alkyl halides is 4. The monoisotopic (exact) mass is 301 g/mol. The molecule has 88 valence electrons. The molecule has 0 bridgehead atoms. The number of hydrogen-bond donors (Lipinski definition) is 0. The minimum Gasteiger partial charge on any atom is -0.192 e. The van der Waals surface area contributed by atoms with Crippen LogP contribution >= 0.6 is 15.9 Å². The highest BCUT2D eigenvalue weighted by atomic mass is 79.9. The summed E-state index contributed by atoms with van der Waals surface area (Å²) < 4.78 is 37.5. The minimum atomic E-state index is -4.46. The van der Waals surface area contributed by atoms with Crippen LogP contribution in [0.4, 0.5) is 13.2 Å². The Labute approximate surface area is 105 Å². The first kappa shape index (κ1) is 13.6. The molecule has 0 aliphatic rings. The van der Waals surface area contributed by atoms with Crippen molar-refractivity contribution in [3.63, 3.8) is 0 Å². The maximum Gasteiger partial charge on any atom is 0.416 e. The molecule has 0 N–H and O–H groups in total. The van der Waals surface area contributed by atoms with E-state index in [4.69, 9.17) is 5.26 Å². The van der Waals surface area contributed by atoms with Gasteiger partial charge in [0.2, 0.25) is 0 Å². The average Bonchev–Trinajstić information content (AvgIpc) is 2.28. The van der Waals surface area contributed by atoms with Gasteiger partial charge < -0.3 is 0 Å². The molecular formula is C12H7BrF3N. The Bertz CT molecular complexity index is 503. The summed E-state index contributed by atoms with van der Waals surface area (Å²) in [7, 11) is 0. The van der Waals surface area contributed by atoms with Gasteiger partial charge in [0, 0.05) is 17.3 Å². The predicted octanol–water partition coefficient (Wildman–Crippen LogP) is 3.71. The second-order valence-corrected chi connectivity index (χ2v) is 3.94. The Balaban J connectivity index is 3.17. The topological polar surface area (TPSA) is 23.8 Å². The van der Waals surface area contributed by atoms with E-state index in [1.54, 1.807) is 6.07 Å². The molecule has 0 fully saturated rings. The quantitative estimate of drug-likeness (QED) is 0.573. The van der Waals surface area contributed by atoms with Gasteiger partial charge in [0.15, 0.2) is 0 Å². The maximum atomic E-state index is 12.5. The van der Waals surface area contributed by atoms with Crippen molar-refractivity contribution in [1.82, 2.24) is 0 Å². The molecule has 1 aromatic rings. The molecule has 17 heavy (non-hydrogen) atoms. The summed E-state index contributed by atoms with van der Waals surface area (Å²) in [6, 6.07) is 4.80. The maximum absolute atomic E-state index is 12.5. The van der Waals surface area contributed by atoms with Crippen LogP contribution in [0.15, 0.2) is 18.2 Å². The van der Waals surface area contributed by atoms with Crippen LogP contribution in [0, 0.1) is 23.2 Å². The van der Waals surface area contributed by atoms with Gasteiger partial charge in [-0.1, -0.05) is 27.8 Å². The third-order valence-electron chi connectivity index (χ3n) is 1.84. The number of benzene rings is 1. The van der Waals surface area contributed by atoms with Crippen molar-refractivity contribution < 1.29 is 13.2 Å². The van der Waals surface area contributed by atoms with Crippen LogP contribution in [0.2, 0.25) is 0 Å². The van der Waals surface area contributed by atoms with E-state index in [0.717, 1.165) is 12.1 Å². The Kier molecular flexibility index (Phi) is 4.60. The van der Waals surface area contributed by atoms with Crippen molar-refractivity contribution in [2.75, 3.05) is 5.33 Å². The lowest BCUT2D eigenvalue weighted by molar-refractivity contribution is -0.137. The zero-order valence-electron chi connectivity index (χ0n) is 8.61. The molecule has 0 spiro atoms. The van der Waals surface area contributed by atoms with E-state index in [9.17, 15) is 13.2 Å². The fourth-order valence-electron chi connectivity index (χ4n) is 1.14. The molecule has 0 aliphatic heterocycles. The van der Waals surface area contributed by atoms with Gasteiger partial charge >= 0.3 is 6.18 Å². The molecule has 0 heterocycles. The van der Waals surface area contributed by atoms with Crippen molar-refractivity contribution in [1.29, 1.82) is 5.26 Å². The molecule has 1 aromatic carbocycles. The normalized spacial score (nSPS) is 10.3. The third-order valence-corrected chi connectivity index (χ3v) is 2.24. The molecule has 0 saturated heterocycles. The minimum absolute atomic E-state index is 0.0389. The van der Waals surface area contributed by atoms with Crippen LogP contribution in [-0.4, -0.2) is 5.33 Å². The van der Waals surface area contributed by atoms with Gasteiger partial charge in [-0.05, 0) is 18.2 Å². The first-order valence-corrected chi connectivity index (χ1v) is 5.76. The second kappa shape index (κ2) is 5.75. The zero-order chi connectivity index (χ0) is 12.9. The molecule has 0 aromatic heterocycles. The van der Waals surface area contributed by atoms with Gasteiger partial charge in [0.1, 0.15) is 0 Å². The van der Waals surface area contributed by atoms with Gasteiger partial charge in [-0.2, -0.15) is 18.4 Å². The molecule has 1 nitrogen and oxygen atoms in total. The molecular weight excluding hydrogens is 295 g/mol. The Morgan fingerprint density at radius 2 is 1.82 bits per heavy atom. The first-order chi connectivity index (χ1) is 7.97. The third kappa shape index (κ3) is 4.13. The molecule has 0 amide bonds. The van der Waals surface area contributed by atoms with Crippen molar-refractivity contribution >= 4 is 15.9 Å². The molecule has 0 unspecified atom stereocenters. The van der Waals surface area contributed by atoms with E-state index >= 15 is 0 Å². The van der Waals surface area contributed by atoms with Crippen molar-refractivity contribution in [2.45, 2.75) is 12.6 Å². The van der Waals surface area contributed by atoms with Crippen LogP contribution in [0.5, 0.6) is 0 Å². The van der Waals surface area contributed by atoms with Crippen LogP contribution in [0.25, 0.3) is 0 Å². The number of halogens is 4. The summed E-state index contributed by atoms with van der Waals surface area (Å²) in [5.74, 6) is 5.31. The van der Waals surface area contributed by atoms with E-state index < -0.39 is 11.7 Å². The molecule has 0 atom stereocenters. The Hall–Kier alpha value is -1.46. The van der Waals surface area contributed by atoms with Crippen molar-refractivity contribution in [3.8, 4) is 17.9 Å².